The van der Waals surface area contributed by atoms with Gasteiger partial charge < -0.3 is 30.3 Å². The Morgan fingerprint density at radius 1 is 0.485 bits per heavy atom. The fourth-order valence-electron chi connectivity index (χ4n) is 10.3. The van der Waals surface area contributed by atoms with Crippen LogP contribution in [0.2, 0.25) is 0 Å². The molecule has 20 nitrogen and oxygen atoms in total. The summed E-state index contributed by atoms with van der Waals surface area (Å²) in [5.74, 6) is 2.12. The van der Waals surface area contributed by atoms with E-state index >= 15 is 0 Å². The van der Waals surface area contributed by atoms with E-state index in [1.807, 2.05) is 113 Å². The summed E-state index contributed by atoms with van der Waals surface area (Å²) >= 11 is 11.5. The van der Waals surface area contributed by atoms with Gasteiger partial charge in [-0.3, -0.25) is 9.69 Å². The Kier molecular flexibility index (Phi) is 39.5. The van der Waals surface area contributed by atoms with E-state index in [4.69, 9.17) is 32.3 Å². The summed E-state index contributed by atoms with van der Waals surface area (Å²) in [4.78, 5) is 36.4. The minimum absolute atomic E-state index is 0. The maximum absolute atomic E-state index is 11.9. The molecule has 103 heavy (non-hydrogen) atoms. The number of rotatable bonds is 11. The molecule has 572 valence electrons. The van der Waals surface area contributed by atoms with Gasteiger partial charge in [-0.2, -0.15) is 0 Å². The Labute approximate surface area is 653 Å². The van der Waals surface area contributed by atoms with Crippen LogP contribution in [-0.4, -0.2) is 185 Å². The number of benzene rings is 4. The number of allylic oxidation sites excluding steroid dienone is 2. The molecule has 30 heteroatoms. The smallest absolute Gasteiger partial charge is 0.410 e. The van der Waals surface area contributed by atoms with Gasteiger partial charge in [-0.15, -0.1) is 34.0 Å². The largest absolute Gasteiger partial charge is 0.449 e. The zero-order valence-electron chi connectivity index (χ0n) is 59.5. The maximum atomic E-state index is 11.9. The molecule has 0 saturated carbocycles. The molecule has 4 N–H and O–H groups in total. The van der Waals surface area contributed by atoms with E-state index in [1.54, 1.807) is 56.9 Å². The highest BCUT2D eigenvalue weighted by Crippen LogP contribution is 2.34. The molecular formula is C73H98Br4ClN3O17S5. The van der Waals surface area contributed by atoms with Crippen LogP contribution < -0.4 is 5.73 Å². The summed E-state index contributed by atoms with van der Waals surface area (Å²) in [6.07, 6.45) is 2.87. The molecule has 0 radical (unpaired) electrons. The monoisotopic (exact) mass is 1800 g/mol. The van der Waals surface area contributed by atoms with Crippen molar-refractivity contribution >= 4 is 144 Å². The van der Waals surface area contributed by atoms with Crippen molar-refractivity contribution in [3.63, 3.8) is 0 Å². The predicted octanol–water partition coefficient (Wildman–Crippen LogP) is 12.9. The fraction of sp³-hybridized carbons (Fsp3) is 0.438. The van der Waals surface area contributed by atoms with Crippen molar-refractivity contribution in [3.05, 3.63) is 224 Å². The van der Waals surface area contributed by atoms with Crippen LogP contribution >= 0.6 is 77.4 Å². The second kappa shape index (κ2) is 43.2. The number of ether oxygens (including phenoxy) is 2. The Balaban J connectivity index is 0.000000402. The summed E-state index contributed by atoms with van der Waals surface area (Å²) in [5.41, 5.74) is 18.6. The Bertz CT molecular complexity index is 4180. The van der Waals surface area contributed by atoms with Crippen molar-refractivity contribution in [1.82, 2.24) is 9.80 Å². The highest BCUT2D eigenvalue weighted by atomic mass is 79.9. The second-order valence-corrected chi connectivity index (χ2v) is 38.4. The lowest BCUT2D eigenvalue weighted by Gasteiger charge is -2.31. The Hall–Kier alpha value is -4.89. The van der Waals surface area contributed by atoms with E-state index in [0.717, 1.165) is 99.3 Å². The average Bonchev–Trinajstić information content (AvgIpc) is 1.66. The van der Waals surface area contributed by atoms with Gasteiger partial charge in [0.05, 0.1) is 68.7 Å². The predicted molar refractivity (Wildman–Crippen MR) is 431 cm³/mol. The first-order valence-electron chi connectivity index (χ1n) is 32.2. The number of amides is 2. The molecule has 2 amide bonds. The quantitative estimate of drug-likeness (QED) is 0.0544. The third kappa shape index (κ3) is 35.1. The second-order valence-electron chi connectivity index (χ2n) is 26.6. The van der Waals surface area contributed by atoms with E-state index < -0.39 is 65.8 Å². The molecule has 0 unspecified atom stereocenters. The van der Waals surface area contributed by atoms with Crippen molar-refractivity contribution in [2.45, 2.75) is 106 Å². The summed E-state index contributed by atoms with van der Waals surface area (Å²) in [6.45, 7) is 25.0. The van der Waals surface area contributed by atoms with Crippen LogP contribution in [0.4, 0.5) is 9.59 Å². The number of carbonyl (C=O) groups excluding carboxylic acids is 3. The minimum atomic E-state index is -2.96. The lowest BCUT2D eigenvalue weighted by atomic mass is 9.90. The summed E-state index contributed by atoms with van der Waals surface area (Å²) in [5, 5.41) is 19.6. The van der Waals surface area contributed by atoms with Gasteiger partial charge in [0.25, 0.3) is 0 Å². The van der Waals surface area contributed by atoms with Gasteiger partial charge in [-0.25, -0.2) is 51.7 Å². The molecule has 4 aromatic carbocycles. The average molecular weight is 1800 g/mol. The minimum Gasteiger partial charge on any atom is -0.449 e. The molecule has 0 atom stereocenters. The first-order valence-corrected chi connectivity index (χ1v) is 43.9. The number of primary amides is 1. The molecule has 0 spiro atoms. The first-order chi connectivity index (χ1) is 46.9. The van der Waals surface area contributed by atoms with Crippen LogP contribution in [0.15, 0.2) is 201 Å². The van der Waals surface area contributed by atoms with Crippen LogP contribution in [0, 0.1) is 0 Å². The number of nitrogens with zero attached hydrogens (tertiary/aromatic N) is 2. The molecular weight excluding hydrogens is 1710 g/mol. The van der Waals surface area contributed by atoms with Gasteiger partial charge in [0.2, 0.25) is 5.91 Å². The van der Waals surface area contributed by atoms with Gasteiger partial charge in [0.1, 0.15) is 13.2 Å². The molecule has 0 saturated heterocycles. The van der Waals surface area contributed by atoms with Crippen LogP contribution in [0.5, 0.6) is 0 Å². The number of carbonyl (C=O) groups is 3. The summed E-state index contributed by atoms with van der Waals surface area (Å²) < 4.78 is 121. The van der Waals surface area contributed by atoms with Crippen LogP contribution in [0.25, 0.3) is 0 Å². The highest BCUT2D eigenvalue weighted by molar-refractivity contribution is 9.09. The molecule has 7 heterocycles. The lowest BCUT2D eigenvalue weighted by molar-refractivity contribution is -0.107. The van der Waals surface area contributed by atoms with Gasteiger partial charge in [-0.1, -0.05) is 188 Å². The highest BCUT2D eigenvalue weighted by Gasteiger charge is 2.37. The number of aliphatic hydroxyl groups is 2. The zero-order valence-corrected chi connectivity index (χ0v) is 70.9. The van der Waals surface area contributed by atoms with E-state index in [9.17, 15) is 56.5 Å². The van der Waals surface area contributed by atoms with Crippen molar-refractivity contribution in [2.75, 3.05) is 94.4 Å². The van der Waals surface area contributed by atoms with Crippen molar-refractivity contribution in [3.8, 4) is 0 Å². The van der Waals surface area contributed by atoms with Gasteiger partial charge in [0.15, 0.2) is 49.2 Å². The number of halogens is 5. The third-order valence-corrected chi connectivity index (χ3v) is 26.3. The maximum Gasteiger partial charge on any atom is 0.410 e. The van der Waals surface area contributed by atoms with E-state index in [2.05, 4.69) is 66.8 Å². The van der Waals surface area contributed by atoms with E-state index in [-0.39, 0.29) is 105 Å². The van der Waals surface area contributed by atoms with Crippen LogP contribution in [-0.2, 0) is 78.4 Å². The van der Waals surface area contributed by atoms with Crippen LogP contribution in [0.1, 0.15) is 102 Å². The topological polar surface area (TPSA) is 313 Å². The number of alkyl halides is 2. The Morgan fingerprint density at radius 2 is 0.786 bits per heavy atom. The molecule has 0 aromatic heterocycles. The number of sulfone groups is 5. The van der Waals surface area contributed by atoms with Gasteiger partial charge in [0, 0.05) is 60.5 Å². The van der Waals surface area contributed by atoms with Gasteiger partial charge >= 0.3 is 11.5 Å². The summed E-state index contributed by atoms with van der Waals surface area (Å²) in [7, 11) is -14.0. The van der Waals surface area contributed by atoms with Crippen molar-refractivity contribution in [1.29, 1.82) is 0 Å². The molecule has 0 bridgehead atoms. The Morgan fingerprint density at radius 3 is 1.08 bits per heavy atom. The van der Waals surface area contributed by atoms with E-state index in [0.29, 0.717) is 40.8 Å². The standard InChI is InChI=1S/C14H15NO4S.C13H15NO2S.C8H7ClO2.C7H7NO.C7H10O2S.C6H8Br2O2S.C6H10O2S.C6H14O2.C6H10.2BrH/c16-14(19-8-11-4-2-1-3-5-11)15-6-12-9-20(17,18)10-13(12)7-15;15-17(16)9-12-7-14(8-13(12)10-17)6-11-4-2-1-3-5-11;9-8(10)11-6-7-4-2-1-3-5-7;8-7(9)6-4-2-1-3-5-6;8-10(9)4-6-2-1-3-7(6)5-10;7-1-5-3-11(9,10)4-6(5)2-8;1-5-3-9(7,8)4-6(5)2;1-5(2,7)6(3,4)8;1-5(2)6(3)4;;/h1-5H,6-10H2;1-5H,6-10H2;1-5H,6H2;1-5H,(H2,8,9);1-5H2;1-4H2;3-4H2,1-2H3;7-8H,1-4H3;1,3H2,2,4H3;2*1H. The van der Waals surface area contributed by atoms with Gasteiger partial charge in [-0.05, 0) is 137 Å². The number of hydrogen-bond donors (Lipinski definition) is 3. The molecule has 0 fully saturated rings. The fourth-order valence-corrected chi connectivity index (χ4v) is 21.2. The van der Waals surface area contributed by atoms with Crippen molar-refractivity contribution < 1.29 is 76.2 Å². The molecule has 8 aliphatic rings. The zero-order chi connectivity index (χ0) is 75.7. The van der Waals surface area contributed by atoms with E-state index in [1.165, 1.54) is 23.1 Å². The lowest BCUT2D eigenvalue weighted by Crippen LogP contribution is -2.44. The number of nitrogens with two attached hydrogens (primary N) is 1. The van der Waals surface area contributed by atoms with Crippen molar-refractivity contribution in [2.24, 2.45) is 5.73 Å². The molecule has 1 aliphatic carbocycles. The summed E-state index contributed by atoms with van der Waals surface area (Å²) in [6, 6.07) is 37.9. The molecule has 12 rings (SSSR count). The third-order valence-electron chi connectivity index (χ3n) is 16.8. The SMILES string of the molecule is Br.Br.C=C(C)C(=C)C.CC(C)(O)C(C)(C)O.CC1=C(C)CS(=O)(=O)C1.NC(=O)c1ccccc1.O=C(Cl)OCc1ccccc1.O=C(OCc1ccccc1)N1CC2=C(C1)CS(=O)(=O)C2.O=S1(=O)CC(CBr)=C(CBr)C1.O=S1(=O)CC2=C(CCC2)C1.O=S1(=O)CC2=C(CN(Cc3ccccc3)C2)C1. The molecule has 4 aromatic rings. The normalized spacial score (nSPS) is 18.5. The number of hydrogen-bond acceptors (Lipinski definition) is 18. The van der Waals surface area contributed by atoms with Crippen LogP contribution in [0.3, 0.4) is 0 Å². The first kappa shape index (κ1) is 94.2. The molecule has 7 aliphatic heterocycles.